The number of carbonyl (C=O) groups is 1. The summed E-state index contributed by atoms with van der Waals surface area (Å²) >= 11 is 0. The van der Waals surface area contributed by atoms with Gasteiger partial charge in [-0.1, -0.05) is 19.4 Å². The van der Waals surface area contributed by atoms with Crippen molar-refractivity contribution in [1.82, 2.24) is 14.2 Å². The van der Waals surface area contributed by atoms with E-state index in [1.807, 2.05) is 0 Å². The number of sulfonamides is 1. The number of rotatable bonds is 7. The zero-order valence-electron chi connectivity index (χ0n) is 20.7. The zero-order chi connectivity index (χ0) is 26.3. The first-order valence-corrected chi connectivity index (χ1v) is 13.4. The molecule has 2 aliphatic rings. The summed E-state index contributed by atoms with van der Waals surface area (Å²) in [4.78, 5) is 23.2. The maximum absolute atomic E-state index is 15.4. The first-order valence-electron chi connectivity index (χ1n) is 11.9. The van der Waals surface area contributed by atoms with E-state index >= 15 is 4.39 Å². The monoisotopic (exact) mass is 519 g/mol. The molecule has 3 heterocycles. The van der Waals surface area contributed by atoms with Crippen LogP contribution in [0.3, 0.4) is 0 Å². The SMILES string of the molecule is CCCCN1CC[C@@]2(C1)[C@@](C)(c1cc(CC(=O)c3ccc(F)cn3)ccc1F)N=C(N)N(C)S2(=O)=O. The molecule has 1 aromatic carbocycles. The van der Waals surface area contributed by atoms with Crippen molar-refractivity contribution in [3.63, 3.8) is 0 Å². The fourth-order valence-corrected chi connectivity index (χ4v) is 7.42. The van der Waals surface area contributed by atoms with Gasteiger partial charge in [-0.3, -0.25) is 9.78 Å². The van der Waals surface area contributed by atoms with E-state index in [1.54, 1.807) is 6.92 Å². The molecule has 2 atom stereocenters. The molecule has 8 nitrogen and oxygen atoms in total. The summed E-state index contributed by atoms with van der Waals surface area (Å²) in [5.41, 5.74) is 5.14. The van der Waals surface area contributed by atoms with Gasteiger partial charge in [-0.05, 0) is 62.7 Å². The van der Waals surface area contributed by atoms with Crippen molar-refractivity contribution in [2.24, 2.45) is 10.7 Å². The van der Waals surface area contributed by atoms with Gasteiger partial charge >= 0.3 is 0 Å². The summed E-state index contributed by atoms with van der Waals surface area (Å²) in [5, 5.41) is 0. The number of likely N-dealkylation sites (tertiary alicyclic amines) is 1. The van der Waals surface area contributed by atoms with Crippen LogP contribution in [0.4, 0.5) is 8.78 Å². The number of hydrogen-bond donors (Lipinski definition) is 1. The maximum Gasteiger partial charge on any atom is 0.247 e. The lowest BCUT2D eigenvalue weighted by Gasteiger charge is -2.48. The Morgan fingerprint density at radius 3 is 2.64 bits per heavy atom. The third-order valence-corrected chi connectivity index (χ3v) is 10.1. The highest BCUT2D eigenvalue weighted by atomic mass is 32.2. The quantitative estimate of drug-likeness (QED) is 0.564. The zero-order valence-corrected chi connectivity index (χ0v) is 21.5. The van der Waals surface area contributed by atoms with Crippen molar-refractivity contribution >= 4 is 21.8 Å². The van der Waals surface area contributed by atoms with Gasteiger partial charge in [0.2, 0.25) is 16.0 Å². The van der Waals surface area contributed by atoms with E-state index in [0.29, 0.717) is 12.1 Å². The largest absolute Gasteiger partial charge is 0.369 e. The second-order valence-electron chi connectivity index (χ2n) is 9.66. The fourth-order valence-electron chi connectivity index (χ4n) is 5.25. The molecular weight excluding hydrogens is 488 g/mol. The minimum atomic E-state index is -4.01. The van der Waals surface area contributed by atoms with Gasteiger partial charge in [0.15, 0.2) is 5.78 Å². The van der Waals surface area contributed by atoms with Crippen molar-refractivity contribution in [3.05, 3.63) is 65.0 Å². The molecule has 0 bridgehead atoms. The number of ketones is 1. The fraction of sp³-hybridized carbons (Fsp3) is 0.480. The number of aromatic nitrogens is 1. The molecule has 2 aliphatic heterocycles. The van der Waals surface area contributed by atoms with Gasteiger partial charge in [-0.25, -0.2) is 26.5 Å². The van der Waals surface area contributed by atoms with E-state index in [1.165, 1.54) is 31.3 Å². The van der Waals surface area contributed by atoms with Crippen molar-refractivity contribution in [2.45, 2.75) is 49.8 Å². The number of carbonyl (C=O) groups excluding carboxylic acids is 1. The van der Waals surface area contributed by atoms with Crippen molar-refractivity contribution in [2.75, 3.05) is 26.7 Å². The third kappa shape index (κ3) is 4.17. The van der Waals surface area contributed by atoms with Crippen molar-refractivity contribution in [1.29, 1.82) is 0 Å². The summed E-state index contributed by atoms with van der Waals surface area (Å²) in [7, 11) is -2.64. The smallest absolute Gasteiger partial charge is 0.247 e. The molecule has 36 heavy (non-hydrogen) atoms. The van der Waals surface area contributed by atoms with E-state index in [0.717, 1.165) is 36.0 Å². The number of nitrogens with two attached hydrogens (primary N) is 1. The number of pyridine rings is 1. The third-order valence-electron chi connectivity index (χ3n) is 7.47. The summed E-state index contributed by atoms with van der Waals surface area (Å²) in [5.74, 6) is -1.78. The molecule has 1 aromatic heterocycles. The lowest BCUT2D eigenvalue weighted by atomic mass is 9.77. The van der Waals surface area contributed by atoms with E-state index < -0.39 is 31.9 Å². The van der Waals surface area contributed by atoms with Gasteiger partial charge in [0.1, 0.15) is 27.6 Å². The summed E-state index contributed by atoms with van der Waals surface area (Å²) in [6.07, 6.45) is 2.98. The standard InChI is InChI=1S/C25H31F2N5O3S/c1-4-5-11-32-12-10-25(16-32)24(2,30-23(28)31(3)36(25,34)35)19-13-17(6-8-20(19)27)14-22(33)21-9-7-18(26)15-29-21/h6-9,13,15H,4-5,10-12,14,16H2,1-3H3,(H2,28,30)/t24-,25-/m1/s1. The summed E-state index contributed by atoms with van der Waals surface area (Å²) < 4.78 is 55.9. The van der Waals surface area contributed by atoms with Crippen LogP contribution in [0.15, 0.2) is 41.5 Å². The number of halogens is 2. The molecule has 2 N–H and O–H groups in total. The number of guanidine groups is 1. The van der Waals surface area contributed by atoms with Gasteiger partial charge in [0, 0.05) is 25.6 Å². The summed E-state index contributed by atoms with van der Waals surface area (Å²) in [6.45, 7) is 5.13. The van der Waals surface area contributed by atoms with Gasteiger partial charge in [0.05, 0.1) is 6.20 Å². The minimum absolute atomic E-state index is 0.0665. The molecule has 194 valence electrons. The van der Waals surface area contributed by atoms with Crippen LogP contribution in [0, 0.1) is 11.6 Å². The molecule has 0 saturated carbocycles. The molecular formula is C25H31F2N5O3S. The predicted molar refractivity (Wildman–Crippen MR) is 133 cm³/mol. The molecule has 0 unspecified atom stereocenters. The van der Waals surface area contributed by atoms with Crippen LogP contribution in [0.1, 0.15) is 54.7 Å². The Morgan fingerprint density at radius 1 is 1.22 bits per heavy atom. The maximum atomic E-state index is 15.4. The van der Waals surface area contributed by atoms with E-state index in [2.05, 4.69) is 21.8 Å². The van der Waals surface area contributed by atoms with E-state index in [-0.39, 0.29) is 42.4 Å². The molecule has 1 spiro atoms. The summed E-state index contributed by atoms with van der Waals surface area (Å²) in [6, 6.07) is 6.61. The van der Waals surface area contributed by atoms with Gasteiger partial charge < -0.3 is 10.6 Å². The Labute approximate surface area is 210 Å². The molecule has 1 fully saturated rings. The average molecular weight is 520 g/mol. The van der Waals surface area contributed by atoms with E-state index in [4.69, 9.17) is 5.73 Å². The van der Waals surface area contributed by atoms with Crippen molar-refractivity contribution in [3.8, 4) is 0 Å². The molecule has 4 rings (SSSR count). The molecule has 0 aliphatic carbocycles. The Balaban J connectivity index is 1.78. The molecule has 0 amide bonds. The second-order valence-corrected chi connectivity index (χ2v) is 11.9. The van der Waals surface area contributed by atoms with Crippen molar-refractivity contribution < 1.29 is 22.0 Å². The highest BCUT2D eigenvalue weighted by Crippen LogP contribution is 2.51. The number of nitrogens with zero attached hydrogens (tertiary/aromatic N) is 4. The van der Waals surface area contributed by atoms with Crippen LogP contribution in [0.2, 0.25) is 0 Å². The average Bonchev–Trinajstić information content (AvgIpc) is 3.29. The van der Waals surface area contributed by atoms with Crippen LogP contribution >= 0.6 is 0 Å². The topological polar surface area (TPSA) is 109 Å². The Bertz CT molecular complexity index is 1300. The van der Waals surface area contributed by atoms with E-state index in [9.17, 15) is 17.6 Å². The molecule has 0 radical (unpaired) electrons. The Hall–Kier alpha value is -2.92. The van der Waals surface area contributed by atoms with Crippen LogP contribution < -0.4 is 5.73 Å². The van der Waals surface area contributed by atoms with Gasteiger partial charge in [-0.2, -0.15) is 0 Å². The lowest BCUT2D eigenvalue weighted by molar-refractivity contribution is 0.0988. The molecule has 2 aromatic rings. The van der Waals surface area contributed by atoms with Gasteiger partial charge in [-0.15, -0.1) is 0 Å². The number of benzene rings is 1. The van der Waals surface area contributed by atoms with Crippen LogP contribution in [0.5, 0.6) is 0 Å². The highest BCUT2D eigenvalue weighted by molar-refractivity contribution is 7.91. The first kappa shape index (κ1) is 26.2. The Morgan fingerprint density at radius 2 is 1.97 bits per heavy atom. The number of Topliss-reactive ketones (excluding diaryl/α,β-unsaturated/α-hetero) is 1. The normalized spacial score (nSPS) is 25.8. The van der Waals surface area contributed by atoms with Gasteiger partial charge in [0.25, 0.3) is 0 Å². The first-order chi connectivity index (χ1) is 16.9. The van der Waals surface area contributed by atoms with Crippen LogP contribution in [-0.2, 0) is 22.0 Å². The number of unbranched alkanes of at least 4 members (excludes halogenated alkanes) is 1. The second kappa shape index (κ2) is 9.51. The molecule has 1 saturated heterocycles. The highest BCUT2D eigenvalue weighted by Gasteiger charge is 2.65. The Kier molecular flexibility index (Phi) is 6.91. The number of hydrogen-bond acceptors (Lipinski definition) is 7. The molecule has 11 heteroatoms. The predicted octanol–water partition coefficient (Wildman–Crippen LogP) is 2.83. The lowest BCUT2D eigenvalue weighted by Crippen LogP contribution is -2.66. The van der Waals surface area contributed by atoms with Crippen LogP contribution in [-0.4, -0.2) is 65.8 Å². The number of aliphatic imine (C=N–C) groups is 1. The minimum Gasteiger partial charge on any atom is -0.369 e. The van der Waals surface area contributed by atoms with Crippen LogP contribution in [0.25, 0.3) is 0 Å².